The molecule has 0 aliphatic carbocycles. The summed E-state index contributed by atoms with van der Waals surface area (Å²) in [5, 5.41) is 9.03. The standard InChI is InChI=1S/C22H49O18P3/c1-3-21(17-23)18-39-42(27,28)36-15-13-34-11-9-32-7-5-31-6-8-33-10-12-35-14-16-37-43(29,30)40-20-22(4-2)19-38-41(24,25)26/h21-23H,3-20H2,1-2H3,(H,27,28)(H,29,30)(H2,24,25,26)/p-3. The van der Waals surface area contributed by atoms with Crippen LogP contribution in [0.2, 0.25) is 0 Å². The molecule has 0 aromatic rings. The summed E-state index contributed by atoms with van der Waals surface area (Å²) in [6.07, 6.45) is 0.926. The lowest BCUT2D eigenvalue weighted by atomic mass is 10.1. The molecule has 0 saturated heterocycles. The molecule has 43 heavy (non-hydrogen) atoms. The van der Waals surface area contributed by atoms with E-state index in [0.29, 0.717) is 39.3 Å². The van der Waals surface area contributed by atoms with E-state index in [1.54, 1.807) is 6.92 Å². The topological polar surface area (TPSA) is 253 Å². The number of aliphatic hydroxyl groups is 1. The van der Waals surface area contributed by atoms with E-state index in [0.717, 1.165) is 0 Å². The fourth-order valence-electron chi connectivity index (χ4n) is 2.65. The van der Waals surface area contributed by atoms with E-state index in [2.05, 4.69) is 13.6 Å². The predicted molar refractivity (Wildman–Crippen MR) is 144 cm³/mol. The Morgan fingerprint density at radius 3 is 1.12 bits per heavy atom. The maximum Gasteiger partial charge on any atom is 0.267 e. The van der Waals surface area contributed by atoms with Gasteiger partial charge >= 0.3 is 0 Å². The van der Waals surface area contributed by atoms with Crippen LogP contribution >= 0.6 is 23.5 Å². The van der Waals surface area contributed by atoms with Crippen LogP contribution in [-0.4, -0.2) is 116 Å². The van der Waals surface area contributed by atoms with Crippen LogP contribution in [0.5, 0.6) is 0 Å². The lowest BCUT2D eigenvalue weighted by Gasteiger charge is -2.26. The second-order valence-corrected chi connectivity index (χ2v) is 12.7. The first-order valence-electron chi connectivity index (χ1n) is 13.7. The van der Waals surface area contributed by atoms with Crippen LogP contribution in [0.25, 0.3) is 0 Å². The molecule has 0 aromatic carbocycles. The van der Waals surface area contributed by atoms with Crippen molar-refractivity contribution in [2.75, 3.05) is 106 Å². The Bertz CT molecular complexity index is 795. The first kappa shape index (κ1) is 43.1. The van der Waals surface area contributed by atoms with Gasteiger partial charge in [-0.3, -0.25) is 13.7 Å². The molecule has 0 aliphatic heterocycles. The van der Waals surface area contributed by atoms with Crippen LogP contribution in [0, 0.1) is 11.8 Å². The predicted octanol–water partition coefficient (Wildman–Crippen LogP) is -0.405. The van der Waals surface area contributed by atoms with Gasteiger partial charge in [-0.25, -0.2) is 0 Å². The second-order valence-electron chi connectivity index (χ2n) is 8.71. The monoisotopic (exact) mass is 691 g/mol. The molecule has 260 valence electrons. The number of hydrogen-bond donors (Lipinski definition) is 2. The van der Waals surface area contributed by atoms with Gasteiger partial charge < -0.3 is 71.0 Å². The molecule has 0 amide bonds. The molecule has 5 unspecified atom stereocenters. The minimum absolute atomic E-state index is 0.0353. The number of phosphoric ester groups is 3. The molecule has 0 rings (SSSR count). The SMILES string of the molecule is CCC(CO)COP(=O)([O-])OCCOCCOCCOCCOCCOCCOP(=O)([O-])OCC(CC)COP(=O)([O-])O. The second kappa shape index (κ2) is 26.2. The lowest BCUT2D eigenvalue weighted by Crippen LogP contribution is -2.20. The highest BCUT2D eigenvalue weighted by Gasteiger charge is 2.16. The van der Waals surface area contributed by atoms with Crippen LogP contribution in [0.4, 0.5) is 0 Å². The number of hydrogen-bond acceptors (Lipinski definition) is 17. The Morgan fingerprint density at radius 2 is 0.814 bits per heavy atom. The third-order valence-corrected chi connectivity index (χ3v) is 7.67. The minimum Gasteiger partial charge on any atom is -0.756 e. The van der Waals surface area contributed by atoms with Crippen LogP contribution in [0.1, 0.15) is 26.7 Å². The summed E-state index contributed by atoms with van der Waals surface area (Å²) >= 11 is 0. The molecule has 0 saturated carbocycles. The highest BCUT2D eigenvalue weighted by atomic mass is 31.2. The molecule has 0 fully saturated rings. The van der Waals surface area contributed by atoms with Gasteiger partial charge in [0, 0.05) is 18.4 Å². The van der Waals surface area contributed by atoms with Crippen molar-refractivity contribution < 1.29 is 84.7 Å². The Labute approximate surface area is 252 Å². The van der Waals surface area contributed by atoms with Crippen molar-refractivity contribution in [2.24, 2.45) is 11.8 Å². The molecule has 0 spiro atoms. The molecule has 0 aliphatic rings. The summed E-state index contributed by atoms with van der Waals surface area (Å²) in [4.78, 5) is 42.5. The summed E-state index contributed by atoms with van der Waals surface area (Å²) < 4.78 is 83.3. The Balaban J connectivity index is 3.51. The van der Waals surface area contributed by atoms with Gasteiger partial charge in [-0.15, -0.1) is 0 Å². The van der Waals surface area contributed by atoms with E-state index in [1.165, 1.54) is 0 Å². The van der Waals surface area contributed by atoms with Gasteiger partial charge in [0.15, 0.2) is 0 Å². The van der Waals surface area contributed by atoms with E-state index in [-0.39, 0.29) is 78.6 Å². The minimum atomic E-state index is -4.90. The van der Waals surface area contributed by atoms with Crippen LogP contribution < -0.4 is 14.7 Å². The molecular formula is C22H46O18P3-3. The van der Waals surface area contributed by atoms with Gasteiger partial charge in [0.05, 0.1) is 99.1 Å². The maximum atomic E-state index is 11.7. The quantitative estimate of drug-likeness (QED) is 0.0672. The third-order valence-electron chi connectivity index (χ3n) is 5.27. The van der Waals surface area contributed by atoms with E-state index >= 15 is 0 Å². The van der Waals surface area contributed by atoms with Crippen molar-refractivity contribution in [2.45, 2.75) is 26.7 Å². The summed E-state index contributed by atoms with van der Waals surface area (Å²) in [5.74, 6) is -0.855. The van der Waals surface area contributed by atoms with Gasteiger partial charge in [-0.05, 0) is 12.8 Å². The highest BCUT2D eigenvalue weighted by molar-refractivity contribution is 7.46. The van der Waals surface area contributed by atoms with Gasteiger partial charge in [0.25, 0.3) is 23.5 Å². The molecule has 0 aromatic heterocycles. The van der Waals surface area contributed by atoms with Gasteiger partial charge in [-0.2, -0.15) is 0 Å². The Morgan fingerprint density at radius 1 is 0.512 bits per heavy atom. The first-order chi connectivity index (χ1) is 20.3. The fraction of sp³-hybridized carbons (Fsp3) is 1.00. The number of rotatable bonds is 32. The molecule has 2 N–H and O–H groups in total. The molecule has 0 radical (unpaired) electrons. The van der Waals surface area contributed by atoms with Gasteiger partial charge in [-0.1, -0.05) is 13.8 Å². The van der Waals surface area contributed by atoms with Crippen LogP contribution in [0.15, 0.2) is 0 Å². The summed E-state index contributed by atoms with van der Waals surface area (Å²) in [6.45, 7) is 4.11. The number of aliphatic hydroxyl groups excluding tert-OH is 1. The molecule has 5 atom stereocenters. The zero-order chi connectivity index (χ0) is 32.5. The van der Waals surface area contributed by atoms with E-state index in [9.17, 15) is 28.4 Å². The maximum absolute atomic E-state index is 11.7. The van der Waals surface area contributed by atoms with E-state index < -0.39 is 36.0 Å². The number of phosphoric acid groups is 3. The van der Waals surface area contributed by atoms with Crippen molar-refractivity contribution >= 4 is 23.5 Å². The number of ether oxygens (including phenoxy) is 5. The lowest BCUT2D eigenvalue weighted by molar-refractivity contribution is -0.229. The average molecular weight is 692 g/mol. The summed E-state index contributed by atoms with van der Waals surface area (Å²) in [7, 11) is -14.0. The van der Waals surface area contributed by atoms with Crippen molar-refractivity contribution in [3.05, 3.63) is 0 Å². The molecule has 18 nitrogen and oxygen atoms in total. The van der Waals surface area contributed by atoms with Crippen molar-refractivity contribution in [3.8, 4) is 0 Å². The zero-order valence-electron chi connectivity index (χ0n) is 24.7. The van der Waals surface area contributed by atoms with Gasteiger partial charge in [0.2, 0.25) is 0 Å². The highest BCUT2D eigenvalue weighted by Crippen LogP contribution is 2.40. The Hall–Kier alpha value is 0.0900. The first-order valence-corrected chi connectivity index (χ1v) is 18.1. The molecular weight excluding hydrogens is 645 g/mol. The molecule has 0 heterocycles. The summed E-state index contributed by atoms with van der Waals surface area (Å²) in [6, 6.07) is 0. The fourth-order valence-corrected chi connectivity index (χ4v) is 4.58. The molecule has 0 bridgehead atoms. The smallest absolute Gasteiger partial charge is 0.267 e. The Kier molecular flexibility index (Phi) is 26.2. The third kappa shape index (κ3) is 29.3. The van der Waals surface area contributed by atoms with Crippen LogP contribution in [0.3, 0.4) is 0 Å². The van der Waals surface area contributed by atoms with Crippen LogP contribution in [-0.2, 0) is 60.0 Å². The summed E-state index contributed by atoms with van der Waals surface area (Å²) in [5.41, 5.74) is 0. The van der Waals surface area contributed by atoms with Crippen molar-refractivity contribution in [1.29, 1.82) is 0 Å². The average Bonchev–Trinajstić information content (AvgIpc) is 2.94. The largest absolute Gasteiger partial charge is 0.756 e. The van der Waals surface area contributed by atoms with Crippen molar-refractivity contribution in [3.63, 3.8) is 0 Å². The normalized spacial score (nSPS) is 17.7. The van der Waals surface area contributed by atoms with Gasteiger partial charge in [0.1, 0.15) is 0 Å². The molecule has 21 heteroatoms. The van der Waals surface area contributed by atoms with Crippen molar-refractivity contribution in [1.82, 2.24) is 0 Å². The van der Waals surface area contributed by atoms with E-state index in [1.807, 2.05) is 6.92 Å². The van der Waals surface area contributed by atoms with E-state index in [4.69, 9.17) is 42.7 Å². The zero-order valence-corrected chi connectivity index (χ0v) is 27.3.